The molecule has 0 atom stereocenters. The van der Waals surface area contributed by atoms with E-state index in [0.717, 1.165) is 5.56 Å². The van der Waals surface area contributed by atoms with Crippen molar-refractivity contribution >= 4 is 29.2 Å². The van der Waals surface area contributed by atoms with Crippen molar-refractivity contribution in [3.63, 3.8) is 0 Å². The van der Waals surface area contributed by atoms with Crippen molar-refractivity contribution in [1.82, 2.24) is 9.78 Å². The number of halogens is 2. The van der Waals surface area contributed by atoms with Gasteiger partial charge in [-0.1, -0.05) is 89.9 Å². The van der Waals surface area contributed by atoms with Gasteiger partial charge in [0.1, 0.15) is 5.56 Å². The lowest BCUT2D eigenvalue weighted by Crippen LogP contribution is -2.31. The highest BCUT2D eigenvalue weighted by atomic mass is 35.5. The Morgan fingerprint density at radius 2 is 1.44 bits per heavy atom. The Labute approximate surface area is 194 Å². The van der Waals surface area contributed by atoms with Gasteiger partial charge in [-0.25, -0.2) is 9.48 Å². The summed E-state index contributed by atoms with van der Waals surface area (Å²) in [6.45, 7) is -0.00373. The Bertz CT molecular complexity index is 1320. The zero-order chi connectivity index (χ0) is 22.7. The monoisotopic (exact) mass is 464 g/mol. The van der Waals surface area contributed by atoms with Crippen LogP contribution in [0.3, 0.4) is 0 Å². The van der Waals surface area contributed by atoms with Crippen molar-refractivity contribution in [3.8, 4) is 22.4 Å². The lowest BCUT2D eigenvalue weighted by Gasteiger charge is -2.17. The first-order valence-corrected chi connectivity index (χ1v) is 10.5. The number of rotatable bonds is 5. The molecule has 32 heavy (non-hydrogen) atoms. The van der Waals surface area contributed by atoms with Gasteiger partial charge in [0.25, 0.3) is 5.56 Å². The normalized spacial score (nSPS) is 10.7. The third kappa shape index (κ3) is 4.17. The van der Waals surface area contributed by atoms with Crippen molar-refractivity contribution in [2.24, 2.45) is 0 Å². The molecule has 0 aliphatic heterocycles. The summed E-state index contributed by atoms with van der Waals surface area (Å²) in [4.78, 5) is 26.3. The first-order chi connectivity index (χ1) is 15.5. The van der Waals surface area contributed by atoms with Crippen molar-refractivity contribution < 1.29 is 9.53 Å². The van der Waals surface area contributed by atoms with Crippen LogP contribution in [0.25, 0.3) is 22.4 Å². The zero-order valence-electron chi connectivity index (χ0n) is 17.1. The molecule has 3 aromatic carbocycles. The number of benzene rings is 3. The van der Waals surface area contributed by atoms with Gasteiger partial charge in [-0.05, 0) is 17.7 Å². The van der Waals surface area contributed by atoms with Crippen LogP contribution in [-0.4, -0.2) is 22.9 Å². The average molecular weight is 465 g/mol. The summed E-state index contributed by atoms with van der Waals surface area (Å²) in [5.74, 6) is -0.743. The predicted molar refractivity (Wildman–Crippen MR) is 126 cm³/mol. The van der Waals surface area contributed by atoms with E-state index in [-0.39, 0.29) is 12.1 Å². The fraction of sp³-hybridized carbons (Fsp3) is 0.0800. The van der Waals surface area contributed by atoms with Gasteiger partial charge in [0.05, 0.1) is 19.3 Å². The maximum atomic E-state index is 13.5. The molecule has 5 nitrogen and oxygen atoms in total. The molecule has 0 N–H and O–H groups in total. The van der Waals surface area contributed by atoms with Gasteiger partial charge in [-0.3, -0.25) is 4.79 Å². The Morgan fingerprint density at radius 1 is 0.875 bits per heavy atom. The molecule has 4 rings (SSSR count). The quantitative estimate of drug-likeness (QED) is 0.354. The van der Waals surface area contributed by atoms with Gasteiger partial charge in [0, 0.05) is 26.7 Å². The van der Waals surface area contributed by atoms with E-state index < -0.39 is 11.5 Å². The summed E-state index contributed by atoms with van der Waals surface area (Å²) in [7, 11) is 1.24. The Morgan fingerprint density at radius 3 is 2.00 bits per heavy atom. The summed E-state index contributed by atoms with van der Waals surface area (Å²) in [6, 6.07) is 23.6. The fourth-order valence-electron chi connectivity index (χ4n) is 3.49. The van der Waals surface area contributed by atoms with Crippen LogP contribution in [0.15, 0.2) is 83.7 Å². The molecule has 4 aromatic rings. The van der Waals surface area contributed by atoms with Crippen molar-refractivity contribution in [1.29, 1.82) is 0 Å². The number of nitrogens with zero attached hydrogens (tertiary/aromatic N) is 2. The van der Waals surface area contributed by atoms with Gasteiger partial charge >= 0.3 is 5.97 Å². The second-order valence-electron chi connectivity index (χ2n) is 6.99. The third-order valence-electron chi connectivity index (χ3n) is 5.02. The first-order valence-electron chi connectivity index (χ1n) is 9.78. The van der Waals surface area contributed by atoms with Crippen LogP contribution >= 0.6 is 23.2 Å². The fourth-order valence-corrected chi connectivity index (χ4v) is 4.00. The van der Waals surface area contributed by atoms with Gasteiger partial charge in [0.2, 0.25) is 0 Å². The lowest BCUT2D eigenvalue weighted by molar-refractivity contribution is 0.0598. The average Bonchev–Trinajstić information content (AvgIpc) is 2.82. The summed E-state index contributed by atoms with van der Waals surface area (Å²) >= 11 is 12.7. The number of carbonyl (C=O) groups excluding carboxylic acids is 1. The Hall–Kier alpha value is -3.41. The highest BCUT2D eigenvalue weighted by molar-refractivity contribution is 6.36. The number of hydrogen-bond acceptors (Lipinski definition) is 4. The minimum absolute atomic E-state index is 0.00373. The lowest BCUT2D eigenvalue weighted by atomic mass is 9.95. The van der Waals surface area contributed by atoms with Crippen LogP contribution in [-0.2, 0) is 11.3 Å². The van der Waals surface area contributed by atoms with E-state index in [1.807, 2.05) is 60.7 Å². The van der Waals surface area contributed by atoms with Crippen LogP contribution in [0.4, 0.5) is 0 Å². The van der Waals surface area contributed by atoms with Gasteiger partial charge in [-0.2, -0.15) is 5.10 Å². The molecule has 0 unspecified atom stereocenters. The molecular weight excluding hydrogens is 447 g/mol. The van der Waals surface area contributed by atoms with E-state index in [1.165, 1.54) is 11.8 Å². The molecule has 0 aliphatic rings. The van der Waals surface area contributed by atoms with Gasteiger partial charge in [-0.15, -0.1) is 0 Å². The highest BCUT2D eigenvalue weighted by Gasteiger charge is 2.26. The number of carbonyl (C=O) groups is 1. The van der Waals surface area contributed by atoms with Crippen molar-refractivity contribution in [3.05, 3.63) is 110 Å². The molecule has 0 saturated carbocycles. The Balaban J connectivity index is 2.06. The molecule has 0 aliphatic carbocycles. The van der Waals surface area contributed by atoms with Crippen LogP contribution in [0.2, 0.25) is 10.0 Å². The minimum atomic E-state index is -0.743. The summed E-state index contributed by atoms with van der Waals surface area (Å²) in [6.07, 6.45) is 0. The summed E-state index contributed by atoms with van der Waals surface area (Å²) in [5.41, 5.74) is 2.15. The smallest absolute Gasteiger partial charge is 0.344 e. The maximum Gasteiger partial charge on any atom is 0.344 e. The van der Waals surface area contributed by atoms with E-state index >= 15 is 0 Å². The topological polar surface area (TPSA) is 61.2 Å². The summed E-state index contributed by atoms with van der Waals surface area (Å²) in [5, 5.41) is 5.46. The van der Waals surface area contributed by atoms with Crippen molar-refractivity contribution in [2.75, 3.05) is 7.11 Å². The highest BCUT2D eigenvalue weighted by Crippen LogP contribution is 2.33. The standard InChI is InChI=1S/C25H18Cl2N2O3/c1-32-25(31)22-21(16-9-4-2-5-10-16)23(17-11-6-3-7-12-17)28-29(24(22)30)15-18-19(26)13-8-14-20(18)27/h2-14H,15H2,1H3. The summed E-state index contributed by atoms with van der Waals surface area (Å²) < 4.78 is 6.19. The SMILES string of the molecule is COC(=O)c1c(-c2ccccc2)c(-c2ccccc2)nn(Cc2c(Cl)cccc2Cl)c1=O. The Kier molecular flexibility index (Phi) is 6.40. The number of hydrogen-bond donors (Lipinski definition) is 0. The maximum absolute atomic E-state index is 13.5. The molecule has 0 spiro atoms. The van der Waals surface area contributed by atoms with Crippen LogP contribution < -0.4 is 5.56 Å². The van der Waals surface area contributed by atoms with Crippen LogP contribution in [0.1, 0.15) is 15.9 Å². The molecule has 1 aromatic heterocycles. The largest absolute Gasteiger partial charge is 0.465 e. The van der Waals surface area contributed by atoms with Crippen molar-refractivity contribution in [2.45, 2.75) is 6.54 Å². The molecule has 0 fully saturated rings. The molecular formula is C25H18Cl2N2O3. The van der Waals surface area contributed by atoms with Gasteiger partial charge in [0.15, 0.2) is 0 Å². The molecule has 0 bridgehead atoms. The van der Waals surface area contributed by atoms with Gasteiger partial charge < -0.3 is 4.74 Å². The number of ether oxygens (including phenoxy) is 1. The molecule has 7 heteroatoms. The molecule has 0 saturated heterocycles. The van der Waals surface area contributed by atoms with E-state index in [0.29, 0.717) is 32.4 Å². The zero-order valence-corrected chi connectivity index (χ0v) is 18.6. The van der Waals surface area contributed by atoms with E-state index in [2.05, 4.69) is 5.10 Å². The minimum Gasteiger partial charge on any atom is -0.465 e. The van der Waals surface area contributed by atoms with E-state index in [9.17, 15) is 9.59 Å². The van der Waals surface area contributed by atoms with E-state index in [1.54, 1.807) is 18.2 Å². The predicted octanol–water partition coefficient (Wildman–Crippen LogP) is 5.72. The number of esters is 1. The second-order valence-corrected chi connectivity index (χ2v) is 7.80. The molecule has 1 heterocycles. The molecule has 0 radical (unpaired) electrons. The van der Waals surface area contributed by atoms with E-state index in [4.69, 9.17) is 27.9 Å². The van der Waals surface area contributed by atoms with Crippen LogP contribution in [0, 0.1) is 0 Å². The van der Waals surface area contributed by atoms with Crippen LogP contribution in [0.5, 0.6) is 0 Å². The second kappa shape index (κ2) is 9.39. The first kappa shape index (κ1) is 21.8. The molecule has 160 valence electrons. The number of methoxy groups -OCH3 is 1. The molecule has 0 amide bonds. The number of aromatic nitrogens is 2. The third-order valence-corrected chi connectivity index (χ3v) is 5.73.